The van der Waals surface area contributed by atoms with Gasteiger partial charge in [-0.15, -0.1) is 0 Å². The van der Waals surface area contributed by atoms with Gasteiger partial charge in [0.15, 0.2) is 0 Å². The molecule has 1 rings (SSSR count). The molecule has 0 aromatic heterocycles. The third kappa shape index (κ3) is 5.28. The maximum atomic E-state index is 5.09. The van der Waals surface area contributed by atoms with E-state index < -0.39 is 0 Å². The zero-order valence-electron chi connectivity index (χ0n) is 11.2. The second-order valence-corrected chi connectivity index (χ2v) is 5.08. The maximum absolute atomic E-state index is 5.09. The molecule has 0 aromatic rings. The second kappa shape index (κ2) is 8.04. The lowest BCUT2D eigenvalue weighted by atomic mass is 10.1. The molecule has 3 nitrogen and oxygen atoms in total. The topological polar surface area (TPSA) is 24.5 Å². The summed E-state index contributed by atoms with van der Waals surface area (Å²) in [5, 5.41) is 3.58. The van der Waals surface area contributed by atoms with E-state index in [4.69, 9.17) is 4.74 Å². The summed E-state index contributed by atoms with van der Waals surface area (Å²) in [6, 6.07) is 1.38. The standard InChI is InChI=1S/C13H28N2O/c1-12(2)15(9-4-5-10-16-3)11-13-7-6-8-14-13/h12-14H,4-11H2,1-3H3. The molecular weight excluding hydrogens is 200 g/mol. The molecule has 16 heavy (non-hydrogen) atoms. The molecule has 0 saturated carbocycles. The van der Waals surface area contributed by atoms with Gasteiger partial charge in [-0.3, -0.25) is 4.90 Å². The minimum Gasteiger partial charge on any atom is -0.385 e. The summed E-state index contributed by atoms with van der Waals surface area (Å²) < 4.78 is 5.09. The first kappa shape index (κ1) is 13.9. The summed E-state index contributed by atoms with van der Waals surface area (Å²) >= 11 is 0. The summed E-state index contributed by atoms with van der Waals surface area (Å²) in [4.78, 5) is 2.60. The van der Waals surface area contributed by atoms with Crippen LogP contribution in [-0.2, 0) is 4.74 Å². The highest BCUT2D eigenvalue weighted by Gasteiger charge is 2.18. The van der Waals surface area contributed by atoms with Crippen LogP contribution in [0, 0.1) is 0 Å². The monoisotopic (exact) mass is 228 g/mol. The molecule has 0 radical (unpaired) electrons. The number of unbranched alkanes of at least 4 members (excludes halogenated alkanes) is 1. The normalized spacial score (nSPS) is 21.2. The lowest BCUT2D eigenvalue weighted by Gasteiger charge is -2.29. The molecule has 0 amide bonds. The van der Waals surface area contributed by atoms with Crippen molar-refractivity contribution in [1.29, 1.82) is 0 Å². The van der Waals surface area contributed by atoms with E-state index in [0.29, 0.717) is 6.04 Å². The van der Waals surface area contributed by atoms with E-state index in [1.165, 1.54) is 45.3 Å². The average Bonchev–Trinajstić information content (AvgIpc) is 2.75. The fourth-order valence-corrected chi connectivity index (χ4v) is 2.32. The molecule has 1 atom stereocenters. The first-order valence-corrected chi connectivity index (χ1v) is 6.70. The summed E-state index contributed by atoms with van der Waals surface area (Å²) in [5.74, 6) is 0. The van der Waals surface area contributed by atoms with Crippen LogP contribution in [-0.4, -0.2) is 50.3 Å². The van der Waals surface area contributed by atoms with Crippen molar-refractivity contribution in [3.63, 3.8) is 0 Å². The van der Waals surface area contributed by atoms with Gasteiger partial charge in [-0.2, -0.15) is 0 Å². The minimum atomic E-state index is 0.657. The summed E-state index contributed by atoms with van der Waals surface area (Å²) in [5.41, 5.74) is 0. The van der Waals surface area contributed by atoms with Crippen LogP contribution in [0.25, 0.3) is 0 Å². The van der Waals surface area contributed by atoms with Crippen LogP contribution in [0.1, 0.15) is 39.5 Å². The highest BCUT2D eigenvalue weighted by molar-refractivity contribution is 4.79. The average molecular weight is 228 g/mol. The smallest absolute Gasteiger partial charge is 0.0462 e. The molecule has 1 unspecified atom stereocenters. The predicted molar refractivity (Wildman–Crippen MR) is 68.8 cm³/mol. The van der Waals surface area contributed by atoms with Gasteiger partial charge >= 0.3 is 0 Å². The van der Waals surface area contributed by atoms with Crippen molar-refractivity contribution in [2.45, 2.75) is 51.6 Å². The molecular formula is C13H28N2O. The lowest BCUT2D eigenvalue weighted by Crippen LogP contribution is -2.41. The Morgan fingerprint density at radius 1 is 1.38 bits per heavy atom. The third-order valence-corrected chi connectivity index (χ3v) is 3.39. The molecule has 0 aliphatic carbocycles. The Hall–Kier alpha value is -0.120. The van der Waals surface area contributed by atoms with Crippen LogP contribution in [0.4, 0.5) is 0 Å². The van der Waals surface area contributed by atoms with Crippen LogP contribution in [0.5, 0.6) is 0 Å². The fourth-order valence-electron chi connectivity index (χ4n) is 2.32. The second-order valence-electron chi connectivity index (χ2n) is 5.08. The zero-order chi connectivity index (χ0) is 11.8. The predicted octanol–water partition coefficient (Wildman–Crippen LogP) is 1.88. The number of nitrogens with one attached hydrogen (secondary N) is 1. The van der Waals surface area contributed by atoms with E-state index in [1.807, 2.05) is 0 Å². The van der Waals surface area contributed by atoms with Gasteiger partial charge in [0.2, 0.25) is 0 Å². The van der Waals surface area contributed by atoms with Gasteiger partial charge in [0.05, 0.1) is 0 Å². The number of rotatable bonds is 8. The number of hydrogen-bond acceptors (Lipinski definition) is 3. The van der Waals surface area contributed by atoms with E-state index in [2.05, 4.69) is 24.1 Å². The Morgan fingerprint density at radius 2 is 2.19 bits per heavy atom. The van der Waals surface area contributed by atoms with Crippen molar-refractivity contribution in [2.24, 2.45) is 0 Å². The molecule has 96 valence electrons. The van der Waals surface area contributed by atoms with E-state index in [9.17, 15) is 0 Å². The van der Waals surface area contributed by atoms with Crippen molar-refractivity contribution in [3.8, 4) is 0 Å². The zero-order valence-corrected chi connectivity index (χ0v) is 11.2. The molecule has 0 aromatic carbocycles. The largest absolute Gasteiger partial charge is 0.385 e. The Labute approximate surface area is 101 Å². The van der Waals surface area contributed by atoms with Gasteiger partial charge < -0.3 is 10.1 Å². The van der Waals surface area contributed by atoms with Crippen LogP contribution in [0.15, 0.2) is 0 Å². The Kier molecular flexibility index (Phi) is 7.01. The maximum Gasteiger partial charge on any atom is 0.0462 e. The van der Waals surface area contributed by atoms with Crippen molar-refractivity contribution < 1.29 is 4.74 Å². The molecule has 1 aliphatic rings. The van der Waals surface area contributed by atoms with E-state index in [-0.39, 0.29) is 0 Å². The number of hydrogen-bond donors (Lipinski definition) is 1. The lowest BCUT2D eigenvalue weighted by molar-refractivity contribution is 0.168. The summed E-state index contributed by atoms with van der Waals surface area (Å²) in [6.07, 6.45) is 5.12. The third-order valence-electron chi connectivity index (χ3n) is 3.39. The SMILES string of the molecule is COCCCCN(CC1CCCN1)C(C)C. The molecule has 1 heterocycles. The van der Waals surface area contributed by atoms with Gasteiger partial charge in [-0.05, 0) is 52.6 Å². The van der Waals surface area contributed by atoms with Crippen molar-refractivity contribution >= 4 is 0 Å². The van der Waals surface area contributed by atoms with Crippen LogP contribution in [0.2, 0.25) is 0 Å². The van der Waals surface area contributed by atoms with Crippen molar-refractivity contribution in [1.82, 2.24) is 10.2 Å². The molecule has 1 saturated heterocycles. The minimum absolute atomic E-state index is 0.657. The van der Waals surface area contributed by atoms with E-state index >= 15 is 0 Å². The molecule has 0 spiro atoms. The van der Waals surface area contributed by atoms with Crippen LogP contribution < -0.4 is 5.32 Å². The van der Waals surface area contributed by atoms with Crippen LogP contribution in [0.3, 0.4) is 0 Å². The molecule has 0 bridgehead atoms. The fraction of sp³-hybridized carbons (Fsp3) is 1.00. The Bertz CT molecular complexity index is 167. The molecule has 1 aliphatic heterocycles. The van der Waals surface area contributed by atoms with Gasteiger partial charge in [0.1, 0.15) is 0 Å². The number of nitrogens with zero attached hydrogens (tertiary/aromatic N) is 1. The quantitative estimate of drug-likeness (QED) is 0.642. The Morgan fingerprint density at radius 3 is 2.75 bits per heavy atom. The first-order valence-electron chi connectivity index (χ1n) is 6.70. The van der Waals surface area contributed by atoms with E-state index in [0.717, 1.165) is 12.6 Å². The van der Waals surface area contributed by atoms with Crippen molar-refractivity contribution in [2.75, 3.05) is 33.4 Å². The van der Waals surface area contributed by atoms with Crippen molar-refractivity contribution in [3.05, 3.63) is 0 Å². The molecule has 3 heteroatoms. The summed E-state index contributed by atoms with van der Waals surface area (Å²) in [7, 11) is 1.78. The van der Waals surface area contributed by atoms with Gasteiger partial charge in [0.25, 0.3) is 0 Å². The summed E-state index contributed by atoms with van der Waals surface area (Å²) in [6.45, 7) is 9.12. The number of ether oxygens (including phenoxy) is 1. The molecule has 1 fully saturated rings. The first-order chi connectivity index (χ1) is 7.74. The van der Waals surface area contributed by atoms with Gasteiger partial charge in [0, 0.05) is 32.3 Å². The molecule has 1 N–H and O–H groups in total. The van der Waals surface area contributed by atoms with E-state index in [1.54, 1.807) is 7.11 Å². The number of methoxy groups -OCH3 is 1. The highest BCUT2D eigenvalue weighted by Crippen LogP contribution is 2.10. The highest BCUT2D eigenvalue weighted by atomic mass is 16.5. The van der Waals surface area contributed by atoms with Crippen LogP contribution >= 0.6 is 0 Å². The Balaban J connectivity index is 2.18. The van der Waals surface area contributed by atoms with Gasteiger partial charge in [-0.1, -0.05) is 0 Å². The van der Waals surface area contributed by atoms with Gasteiger partial charge in [-0.25, -0.2) is 0 Å².